The van der Waals surface area contributed by atoms with Crippen LogP contribution in [-0.4, -0.2) is 36.0 Å². The lowest BCUT2D eigenvalue weighted by Crippen LogP contribution is -2.33. The highest BCUT2D eigenvalue weighted by atomic mass is 16.6. The number of aromatic nitrogens is 1. The molecule has 0 fully saturated rings. The van der Waals surface area contributed by atoms with Gasteiger partial charge in [0, 0.05) is 17.5 Å². The van der Waals surface area contributed by atoms with Gasteiger partial charge in [-0.05, 0) is 31.9 Å². The summed E-state index contributed by atoms with van der Waals surface area (Å²) < 4.78 is 10.2. The van der Waals surface area contributed by atoms with Gasteiger partial charge in [0.15, 0.2) is 5.92 Å². The van der Waals surface area contributed by atoms with Gasteiger partial charge in [-0.1, -0.05) is 40.2 Å². The van der Waals surface area contributed by atoms with E-state index in [-0.39, 0.29) is 19.1 Å². The number of hydrogen-bond donors (Lipinski definition) is 1. The van der Waals surface area contributed by atoms with Gasteiger partial charge in [-0.25, -0.2) is 4.98 Å². The van der Waals surface area contributed by atoms with Gasteiger partial charge >= 0.3 is 11.9 Å². The summed E-state index contributed by atoms with van der Waals surface area (Å²) >= 11 is 0. The number of carbonyl (C=O) groups excluding carboxylic acids is 3. The maximum Gasteiger partial charge on any atom is 0.320 e. The van der Waals surface area contributed by atoms with Crippen LogP contribution in [0.1, 0.15) is 65.9 Å². The molecule has 1 heterocycles. The van der Waals surface area contributed by atoms with E-state index in [0.29, 0.717) is 12.2 Å². The molecule has 1 aromatic rings. The van der Waals surface area contributed by atoms with E-state index in [1.807, 2.05) is 27.7 Å². The summed E-state index contributed by atoms with van der Waals surface area (Å²) in [6.07, 6.45) is 2.95. The summed E-state index contributed by atoms with van der Waals surface area (Å²) in [4.78, 5) is 41.3. The molecule has 156 valence electrons. The number of ether oxygens (including phenoxy) is 2. The van der Waals surface area contributed by atoms with Crippen LogP contribution in [0.4, 0.5) is 5.82 Å². The van der Waals surface area contributed by atoms with E-state index in [2.05, 4.69) is 10.3 Å². The maximum atomic E-state index is 12.5. The monoisotopic (exact) mass is 392 g/mol. The second-order valence-electron chi connectivity index (χ2n) is 7.56. The average molecular weight is 392 g/mol. The van der Waals surface area contributed by atoms with E-state index in [9.17, 15) is 14.4 Å². The third-order valence-corrected chi connectivity index (χ3v) is 4.22. The molecule has 0 saturated carbocycles. The van der Waals surface area contributed by atoms with Gasteiger partial charge in [0.05, 0.1) is 13.2 Å². The van der Waals surface area contributed by atoms with Gasteiger partial charge in [0.25, 0.3) is 0 Å². The van der Waals surface area contributed by atoms with Crippen molar-refractivity contribution in [1.29, 1.82) is 0 Å². The van der Waals surface area contributed by atoms with Crippen LogP contribution in [0.25, 0.3) is 0 Å². The van der Waals surface area contributed by atoms with Crippen molar-refractivity contribution in [2.24, 2.45) is 11.3 Å². The SMILES string of the molecule is CCCC(c1ccc(NC(=O)C(C)(C)C)nc1)C(C(=O)OCC)C(=O)OCC. The van der Waals surface area contributed by atoms with Gasteiger partial charge in [-0.3, -0.25) is 14.4 Å². The fourth-order valence-electron chi connectivity index (χ4n) is 2.73. The van der Waals surface area contributed by atoms with E-state index >= 15 is 0 Å². The van der Waals surface area contributed by atoms with E-state index in [0.717, 1.165) is 12.0 Å². The number of anilines is 1. The lowest BCUT2D eigenvalue weighted by molar-refractivity contribution is -0.163. The zero-order valence-corrected chi connectivity index (χ0v) is 17.7. The molecule has 0 aliphatic heterocycles. The number of amides is 1. The minimum Gasteiger partial charge on any atom is -0.465 e. The topological polar surface area (TPSA) is 94.6 Å². The Morgan fingerprint density at radius 2 is 1.61 bits per heavy atom. The first-order valence-corrected chi connectivity index (χ1v) is 9.76. The Bertz CT molecular complexity index is 646. The third kappa shape index (κ3) is 6.62. The third-order valence-electron chi connectivity index (χ3n) is 4.22. The lowest BCUT2D eigenvalue weighted by atomic mass is 9.83. The summed E-state index contributed by atoms with van der Waals surface area (Å²) in [6.45, 7) is 11.2. The highest BCUT2D eigenvalue weighted by Gasteiger charge is 2.38. The van der Waals surface area contributed by atoms with E-state index < -0.39 is 29.2 Å². The Balaban J connectivity index is 3.14. The molecule has 0 saturated heterocycles. The molecular formula is C21H32N2O5. The molecule has 0 radical (unpaired) electrons. The Kier molecular flexibility index (Phi) is 9.09. The minimum atomic E-state index is -1.04. The smallest absolute Gasteiger partial charge is 0.320 e. The Morgan fingerprint density at radius 3 is 2.00 bits per heavy atom. The molecule has 28 heavy (non-hydrogen) atoms. The van der Waals surface area contributed by atoms with Gasteiger partial charge in [-0.15, -0.1) is 0 Å². The summed E-state index contributed by atoms with van der Waals surface area (Å²) in [5, 5.41) is 2.76. The zero-order chi connectivity index (χ0) is 21.3. The summed E-state index contributed by atoms with van der Waals surface area (Å²) in [7, 11) is 0. The van der Waals surface area contributed by atoms with Crippen molar-refractivity contribution >= 4 is 23.7 Å². The first-order valence-electron chi connectivity index (χ1n) is 9.76. The van der Waals surface area contributed by atoms with Gasteiger partial charge in [0.1, 0.15) is 5.82 Å². The van der Waals surface area contributed by atoms with Gasteiger partial charge < -0.3 is 14.8 Å². The van der Waals surface area contributed by atoms with Crippen LogP contribution in [0.5, 0.6) is 0 Å². The highest BCUT2D eigenvalue weighted by molar-refractivity contribution is 5.96. The van der Waals surface area contributed by atoms with Crippen molar-refractivity contribution in [3.8, 4) is 0 Å². The molecule has 7 nitrogen and oxygen atoms in total. The number of nitrogens with zero attached hydrogens (tertiary/aromatic N) is 1. The predicted octanol–water partition coefficient (Wildman–Crippen LogP) is 3.69. The van der Waals surface area contributed by atoms with E-state index in [1.54, 1.807) is 32.2 Å². The van der Waals surface area contributed by atoms with Crippen LogP contribution >= 0.6 is 0 Å². The Hall–Kier alpha value is -2.44. The molecule has 1 aromatic heterocycles. The highest BCUT2D eigenvalue weighted by Crippen LogP contribution is 2.32. The second-order valence-corrected chi connectivity index (χ2v) is 7.56. The fourth-order valence-corrected chi connectivity index (χ4v) is 2.73. The normalized spacial score (nSPS) is 12.4. The zero-order valence-electron chi connectivity index (χ0n) is 17.7. The number of pyridine rings is 1. The largest absolute Gasteiger partial charge is 0.465 e. The molecule has 0 aromatic carbocycles. The molecule has 0 aliphatic carbocycles. The lowest BCUT2D eigenvalue weighted by Gasteiger charge is -2.24. The van der Waals surface area contributed by atoms with Crippen molar-refractivity contribution < 1.29 is 23.9 Å². The molecule has 0 bridgehead atoms. The molecule has 1 amide bonds. The standard InChI is InChI=1S/C21H32N2O5/c1-7-10-15(17(18(24)27-8-2)19(25)28-9-3)14-11-12-16(22-13-14)23-20(26)21(4,5)6/h11-13,15,17H,7-10H2,1-6H3,(H,22,23,26). The van der Waals surface area contributed by atoms with Crippen LogP contribution in [0.15, 0.2) is 18.3 Å². The summed E-state index contributed by atoms with van der Waals surface area (Å²) in [6, 6.07) is 3.45. The Labute approximate surface area is 167 Å². The van der Waals surface area contributed by atoms with Crippen LogP contribution < -0.4 is 5.32 Å². The van der Waals surface area contributed by atoms with Crippen molar-refractivity contribution in [3.63, 3.8) is 0 Å². The molecular weight excluding hydrogens is 360 g/mol. The van der Waals surface area contributed by atoms with E-state index in [1.165, 1.54) is 0 Å². The maximum absolute atomic E-state index is 12.5. The van der Waals surface area contributed by atoms with Crippen molar-refractivity contribution in [2.75, 3.05) is 18.5 Å². The first-order chi connectivity index (χ1) is 13.1. The van der Waals surface area contributed by atoms with Gasteiger partial charge in [-0.2, -0.15) is 0 Å². The average Bonchev–Trinajstić information content (AvgIpc) is 2.61. The van der Waals surface area contributed by atoms with Crippen molar-refractivity contribution in [1.82, 2.24) is 4.98 Å². The molecule has 1 rings (SSSR count). The molecule has 1 N–H and O–H groups in total. The van der Waals surface area contributed by atoms with Crippen molar-refractivity contribution in [2.45, 2.75) is 60.3 Å². The molecule has 1 atom stereocenters. The number of carbonyl (C=O) groups is 3. The molecule has 0 spiro atoms. The number of nitrogens with one attached hydrogen (secondary N) is 1. The van der Waals surface area contributed by atoms with Crippen LogP contribution in [-0.2, 0) is 23.9 Å². The van der Waals surface area contributed by atoms with Gasteiger partial charge in [0.2, 0.25) is 5.91 Å². The Morgan fingerprint density at radius 1 is 1.04 bits per heavy atom. The van der Waals surface area contributed by atoms with E-state index in [4.69, 9.17) is 9.47 Å². The quantitative estimate of drug-likeness (QED) is 0.509. The molecule has 1 unspecified atom stereocenters. The fraction of sp³-hybridized carbons (Fsp3) is 0.619. The van der Waals surface area contributed by atoms with Crippen molar-refractivity contribution in [3.05, 3.63) is 23.9 Å². The number of rotatable bonds is 9. The minimum absolute atomic E-state index is 0.145. The predicted molar refractivity (Wildman–Crippen MR) is 107 cm³/mol. The first kappa shape index (κ1) is 23.6. The molecule has 0 aliphatic rings. The number of hydrogen-bond acceptors (Lipinski definition) is 6. The molecule has 7 heteroatoms. The van der Waals surface area contributed by atoms with Crippen LogP contribution in [0, 0.1) is 11.3 Å². The van der Waals surface area contributed by atoms with Crippen LogP contribution in [0.2, 0.25) is 0 Å². The summed E-state index contributed by atoms with van der Waals surface area (Å²) in [5.41, 5.74) is 0.186. The second kappa shape index (κ2) is 10.8. The summed E-state index contributed by atoms with van der Waals surface area (Å²) in [5.74, 6) is -2.37. The van der Waals surface area contributed by atoms with Crippen LogP contribution in [0.3, 0.4) is 0 Å². The number of esters is 2.